The summed E-state index contributed by atoms with van der Waals surface area (Å²) in [7, 11) is 0. The van der Waals surface area contributed by atoms with Gasteiger partial charge in [-0.2, -0.15) is 0 Å². The molecule has 0 radical (unpaired) electrons. The molecule has 4 atom stereocenters. The van der Waals surface area contributed by atoms with E-state index in [0.717, 1.165) is 16.7 Å². The minimum atomic E-state index is -1.05. The second kappa shape index (κ2) is 13.1. The topological polar surface area (TPSA) is 108 Å². The minimum Gasteiger partial charge on any atom is -0.508 e. The molecule has 0 spiro atoms. The molecule has 1 aliphatic carbocycles. The second-order valence-electron chi connectivity index (χ2n) is 12.3. The molecule has 228 valence electrons. The van der Waals surface area contributed by atoms with E-state index in [4.69, 9.17) is 16.3 Å². The lowest BCUT2D eigenvalue weighted by molar-refractivity contribution is -0.141. The Bertz CT molecular complexity index is 1450. The molecule has 1 aliphatic rings. The fourth-order valence-electron chi connectivity index (χ4n) is 5.04. The molecule has 0 aliphatic heterocycles. The van der Waals surface area contributed by atoms with Crippen molar-refractivity contribution in [3.63, 3.8) is 0 Å². The minimum absolute atomic E-state index is 0.0890. The number of carbonyl (C=O) groups is 3. The number of benzene rings is 3. The summed E-state index contributed by atoms with van der Waals surface area (Å²) in [5, 5.41) is 15.9. The average Bonchev–Trinajstić information content (AvgIpc) is 3.65. The third-order valence-corrected chi connectivity index (χ3v) is 7.75. The fourth-order valence-corrected chi connectivity index (χ4v) is 5.31. The van der Waals surface area contributed by atoms with E-state index in [1.807, 2.05) is 57.2 Å². The van der Waals surface area contributed by atoms with Gasteiger partial charge < -0.3 is 25.4 Å². The molecular formula is C34H40ClN3O5. The summed E-state index contributed by atoms with van der Waals surface area (Å²) in [5.74, 6) is -0.577. The second-order valence-corrected chi connectivity index (χ2v) is 12.7. The first-order valence-corrected chi connectivity index (χ1v) is 14.8. The van der Waals surface area contributed by atoms with Crippen LogP contribution in [0.3, 0.4) is 0 Å². The summed E-state index contributed by atoms with van der Waals surface area (Å²) >= 11 is 6.47. The van der Waals surface area contributed by atoms with Crippen LogP contribution in [0.15, 0.2) is 66.7 Å². The van der Waals surface area contributed by atoms with Crippen molar-refractivity contribution in [2.75, 3.05) is 5.32 Å². The van der Waals surface area contributed by atoms with Crippen molar-refractivity contribution in [3.05, 3.63) is 94.0 Å². The van der Waals surface area contributed by atoms with Gasteiger partial charge in [-0.05, 0) is 81.8 Å². The molecule has 0 aromatic heterocycles. The quantitative estimate of drug-likeness (QED) is 0.251. The third kappa shape index (κ3) is 8.29. The van der Waals surface area contributed by atoms with Gasteiger partial charge in [-0.15, -0.1) is 0 Å². The van der Waals surface area contributed by atoms with Crippen molar-refractivity contribution in [2.45, 2.75) is 78.1 Å². The number of nitrogens with zero attached hydrogens (tertiary/aromatic N) is 1. The van der Waals surface area contributed by atoms with Crippen molar-refractivity contribution < 1.29 is 24.2 Å². The highest BCUT2D eigenvalue weighted by molar-refractivity contribution is 6.34. The van der Waals surface area contributed by atoms with Crippen molar-refractivity contribution in [2.24, 2.45) is 5.92 Å². The van der Waals surface area contributed by atoms with Crippen LogP contribution in [0, 0.1) is 19.8 Å². The number of hydrogen-bond donors (Lipinski definition) is 3. The van der Waals surface area contributed by atoms with Gasteiger partial charge >= 0.3 is 6.09 Å². The van der Waals surface area contributed by atoms with E-state index < -0.39 is 35.6 Å². The summed E-state index contributed by atoms with van der Waals surface area (Å²) in [6.07, 6.45) is 0.101. The largest absolute Gasteiger partial charge is 0.508 e. The third-order valence-electron chi connectivity index (χ3n) is 7.43. The molecule has 9 heteroatoms. The van der Waals surface area contributed by atoms with Crippen LogP contribution in [0.2, 0.25) is 5.02 Å². The summed E-state index contributed by atoms with van der Waals surface area (Å²) in [6.45, 7) is 11.1. The Balaban J connectivity index is 1.76. The van der Waals surface area contributed by atoms with Crippen LogP contribution in [0.5, 0.6) is 5.75 Å². The van der Waals surface area contributed by atoms with Crippen LogP contribution in [0.4, 0.5) is 10.5 Å². The van der Waals surface area contributed by atoms with Crippen molar-refractivity contribution >= 4 is 35.2 Å². The Morgan fingerprint density at radius 2 is 1.65 bits per heavy atom. The van der Waals surface area contributed by atoms with Crippen LogP contribution in [-0.2, 0) is 20.7 Å². The maximum Gasteiger partial charge on any atom is 0.408 e. The summed E-state index contributed by atoms with van der Waals surface area (Å²) < 4.78 is 5.51. The van der Waals surface area contributed by atoms with Crippen LogP contribution in [0.1, 0.15) is 62.4 Å². The van der Waals surface area contributed by atoms with E-state index in [1.165, 1.54) is 12.1 Å². The van der Waals surface area contributed by atoms with Gasteiger partial charge in [0.1, 0.15) is 23.4 Å². The molecule has 3 N–H and O–H groups in total. The van der Waals surface area contributed by atoms with Crippen LogP contribution >= 0.6 is 11.6 Å². The Labute approximate surface area is 258 Å². The zero-order valence-electron chi connectivity index (χ0n) is 25.5. The monoisotopic (exact) mass is 605 g/mol. The standard InChI is InChI=1S/C34H40ClN3O5/c1-20-10-14-24(15-11-20)30(31(40)37-29-21(2)8-7-9-26(29)35)38(28-18-22(28)3)32(41)27(36-33(42)43-34(4,5)6)19-23-12-16-25(39)17-13-23/h7-17,22,27-28,30,39H,18-19H2,1-6H3,(H,36,42)(H,37,40). The predicted octanol–water partition coefficient (Wildman–Crippen LogP) is 6.72. The Hall–Kier alpha value is -4.04. The number of aryl methyl sites for hydroxylation is 2. The van der Waals surface area contributed by atoms with Gasteiger partial charge in [-0.25, -0.2) is 4.79 Å². The predicted molar refractivity (Wildman–Crippen MR) is 168 cm³/mol. The summed E-state index contributed by atoms with van der Waals surface area (Å²) in [5.41, 5.74) is 2.87. The molecule has 0 bridgehead atoms. The van der Waals surface area contributed by atoms with Crippen LogP contribution in [-0.4, -0.2) is 45.6 Å². The van der Waals surface area contributed by atoms with Crippen LogP contribution in [0.25, 0.3) is 0 Å². The first kappa shape index (κ1) is 31.9. The Morgan fingerprint density at radius 1 is 1.02 bits per heavy atom. The van der Waals surface area contributed by atoms with E-state index in [1.54, 1.807) is 43.9 Å². The Kier molecular flexibility index (Phi) is 9.70. The molecule has 1 fully saturated rings. The first-order chi connectivity index (χ1) is 20.2. The number of hydrogen-bond acceptors (Lipinski definition) is 5. The number of phenolic OH excluding ortho intramolecular Hbond substituents is 1. The highest BCUT2D eigenvalue weighted by Gasteiger charge is 2.48. The summed E-state index contributed by atoms with van der Waals surface area (Å²) in [4.78, 5) is 43.4. The lowest BCUT2D eigenvalue weighted by Crippen LogP contribution is -2.54. The maximum atomic E-state index is 14.6. The van der Waals surface area contributed by atoms with Gasteiger partial charge in [-0.1, -0.05) is 72.6 Å². The zero-order chi connectivity index (χ0) is 31.5. The lowest BCUT2D eigenvalue weighted by Gasteiger charge is -2.35. The number of aromatic hydroxyl groups is 1. The van der Waals surface area contributed by atoms with E-state index in [9.17, 15) is 19.5 Å². The van der Waals surface area contributed by atoms with E-state index >= 15 is 0 Å². The first-order valence-electron chi connectivity index (χ1n) is 14.5. The van der Waals surface area contributed by atoms with Crippen molar-refractivity contribution in [1.82, 2.24) is 10.2 Å². The number of para-hydroxylation sites is 1. The molecule has 3 amide bonds. The highest BCUT2D eigenvalue weighted by atomic mass is 35.5. The summed E-state index contributed by atoms with van der Waals surface area (Å²) in [6, 6.07) is 17.1. The SMILES string of the molecule is Cc1ccc(C(C(=O)Nc2c(C)cccc2Cl)N(C(=O)C(Cc2ccc(O)cc2)NC(=O)OC(C)(C)C)C2CC2C)cc1. The number of ether oxygens (including phenoxy) is 1. The van der Waals surface area contributed by atoms with Gasteiger partial charge in [0.15, 0.2) is 0 Å². The van der Waals surface area contributed by atoms with Gasteiger partial charge in [0.05, 0.1) is 10.7 Å². The molecule has 4 unspecified atom stereocenters. The fraction of sp³-hybridized carbons (Fsp3) is 0.382. The molecule has 4 rings (SSSR count). The lowest BCUT2D eigenvalue weighted by atomic mass is 9.99. The smallest absolute Gasteiger partial charge is 0.408 e. The van der Waals surface area contributed by atoms with E-state index in [-0.39, 0.29) is 24.1 Å². The molecule has 43 heavy (non-hydrogen) atoms. The van der Waals surface area contributed by atoms with Crippen molar-refractivity contribution in [3.8, 4) is 5.75 Å². The van der Waals surface area contributed by atoms with Gasteiger partial charge in [0.2, 0.25) is 5.91 Å². The van der Waals surface area contributed by atoms with Crippen molar-refractivity contribution in [1.29, 1.82) is 0 Å². The number of anilines is 1. The van der Waals surface area contributed by atoms with Gasteiger partial charge in [0, 0.05) is 12.5 Å². The van der Waals surface area contributed by atoms with Gasteiger partial charge in [0.25, 0.3) is 5.91 Å². The zero-order valence-corrected chi connectivity index (χ0v) is 26.2. The molecule has 3 aromatic carbocycles. The number of carbonyl (C=O) groups excluding carboxylic acids is 3. The highest BCUT2D eigenvalue weighted by Crippen LogP contribution is 2.41. The molecule has 8 nitrogen and oxygen atoms in total. The molecule has 0 heterocycles. The van der Waals surface area contributed by atoms with E-state index in [0.29, 0.717) is 22.7 Å². The average molecular weight is 606 g/mol. The maximum absolute atomic E-state index is 14.6. The number of halogens is 1. The number of phenols is 1. The van der Waals surface area contributed by atoms with E-state index in [2.05, 4.69) is 10.6 Å². The normalized spacial score (nSPS) is 17.4. The van der Waals surface area contributed by atoms with Gasteiger partial charge in [-0.3, -0.25) is 9.59 Å². The molecular weight excluding hydrogens is 566 g/mol. The number of nitrogens with one attached hydrogen (secondary N) is 2. The number of amides is 3. The molecule has 0 saturated heterocycles. The number of rotatable bonds is 9. The Morgan fingerprint density at radius 3 is 2.21 bits per heavy atom. The molecule has 1 saturated carbocycles. The molecule has 3 aromatic rings. The van der Waals surface area contributed by atoms with Crippen LogP contribution < -0.4 is 10.6 Å². The number of alkyl carbamates (subject to hydrolysis) is 1.